The number of methoxy groups -OCH3 is 1. The average molecular weight is 356 g/mol. The van der Waals surface area contributed by atoms with Crippen molar-refractivity contribution >= 4 is 0 Å². The lowest BCUT2D eigenvalue weighted by atomic mass is 9.97. The zero-order valence-corrected chi connectivity index (χ0v) is 13.0. The van der Waals surface area contributed by atoms with E-state index in [9.17, 15) is 30.6 Å². The van der Waals surface area contributed by atoms with Gasteiger partial charge in [0.25, 0.3) is 0 Å². The fourth-order valence-electron chi connectivity index (χ4n) is 2.74. The maximum atomic E-state index is 10.2. The summed E-state index contributed by atoms with van der Waals surface area (Å²) in [5.41, 5.74) is 0. The van der Waals surface area contributed by atoms with E-state index in [0.717, 1.165) is 0 Å². The molecule has 2 rings (SSSR count). The van der Waals surface area contributed by atoms with Crippen molar-refractivity contribution in [3.63, 3.8) is 0 Å². The molecule has 0 radical (unpaired) electrons. The molecule has 2 aliphatic heterocycles. The van der Waals surface area contributed by atoms with Gasteiger partial charge in [0, 0.05) is 7.11 Å². The Morgan fingerprint density at radius 2 is 1.25 bits per heavy atom. The highest BCUT2D eigenvalue weighted by Crippen LogP contribution is 2.29. The Kier molecular flexibility index (Phi) is 6.87. The van der Waals surface area contributed by atoms with E-state index in [-0.39, 0.29) is 0 Å². The molecule has 24 heavy (non-hydrogen) atoms. The van der Waals surface area contributed by atoms with Gasteiger partial charge in [-0.2, -0.15) is 0 Å². The molecule has 142 valence electrons. The first-order chi connectivity index (χ1) is 11.3. The standard InChI is InChI=1S/C13H24O11/c1-21-12-10(20)11(7(17)5(3-15)22-12)24-13-9(19)8(18)6(16)4(2-14)23-13/h4-20H,2-3H2,1H3/t4?,5?,6-,7?,8?,9?,10?,11+,12?,13-/m0/s1. The van der Waals surface area contributed by atoms with Crippen LogP contribution >= 0.6 is 0 Å². The van der Waals surface area contributed by atoms with Crippen LogP contribution in [-0.4, -0.2) is 117 Å². The van der Waals surface area contributed by atoms with E-state index in [4.69, 9.17) is 24.1 Å². The van der Waals surface area contributed by atoms with Crippen molar-refractivity contribution in [2.45, 2.75) is 61.4 Å². The van der Waals surface area contributed by atoms with Gasteiger partial charge in [-0.25, -0.2) is 0 Å². The van der Waals surface area contributed by atoms with E-state index in [1.54, 1.807) is 0 Å². The molecule has 0 saturated carbocycles. The Morgan fingerprint density at radius 3 is 1.79 bits per heavy atom. The first-order valence-electron chi connectivity index (χ1n) is 7.46. The number of ether oxygens (including phenoxy) is 4. The molecule has 0 amide bonds. The van der Waals surface area contributed by atoms with Crippen molar-refractivity contribution in [2.24, 2.45) is 0 Å². The van der Waals surface area contributed by atoms with Crippen molar-refractivity contribution in [2.75, 3.05) is 20.3 Å². The van der Waals surface area contributed by atoms with E-state index in [1.807, 2.05) is 0 Å². The summed E-state index contributed by atoms with van der Waals surface area (Å²) < 4.78 is 20.6. The van der Waals surface area contributed by atoms with Crippen LogP contribution in [0.2, 0.25) is 0 Å². The molecule has 0 aromatic heterocycles. The predicted molar refractivity (Wildman–Crippen MR) is 73.4 cm³/mol. The molecule has 0 aromatic rings. The molecule has 2 heterocycles. The topological polar surface area (TPSA) is 179 Å². The van der Waals surface area contributed by atoms with E-state index in [1.165, 1.54) is 7.11 Å². The SMILES string of the molecule is COC1OC(CO)C(O)[C@@H](O[C@@H]2OC(CO)[C@H](O)C(O)C2O)C1O. The molecule has 2 aliphatic rings. The Labute approximate surface area is 137 Å². The van der Waals surface area contributed by atoms with Crippen molar-refractivity contribution in [3.8, 4) is 0 Å². The lowest BCUT2D eigenvalue weighted by Crippen LogP contribution is -2.64. The Balaban J connectivity index is 2.14. The third kappa shape index (κ3) is 3.71. The van der Waals surface area contributed by atoms with E-state index in [2.05, 4.69) is 0 Å². The summed E-state index contributed by atoms with van der Waals surface area (Å²) in [4.78, 5) is 0. The number of hydrogen-bond donors (Lipinski definition) is 7. The fourth-order valence-corrected chi connectivity index (χ4v) is 2.74. The van der Waals surface area contributed by atoms with Crippen molar-refractivity contribution in [1.82, 2.24) is 0 Å². The van der Waals surface area contributed by atoms with Crippen molar-refractivity contribution in [1.29, 1.82) is 0 Å². The molecule has 0 bridgehead atoms. The minimum atomic E-state index is -1.70. The number of rotatable bonds is 5. The largest absolute Gasteiger partial charge is 0.394 e. The summed E-state index contributed by atoms with van der Waals surface area (Å²) in [6, 6.07) is 0. The lowest BCUT2D eigenvalue weighted by molar-refractivity contribution is -0.358. The maximum Gasteiger partial charge on any atom is 0.187 e. The van der Waals surface area contributed by atoms with Gasteiger partial charge in [-0.15, -0.1) is 0 Å². The fraction of sp³-hybridized carbons (Fsp3) is 1.00. The molecule has 2 saturated heterocycles. The summed E-state index contributed by atoms with van der Waals surface area (Å²) in [7, 11) is 1.24. The van der Waals surface area contributed by atoms with Gasteiger partial charge in [0.05, 0.1) is 13.2 Å². The Hall–Kier alpha value is -0.440. The van der Waals surface area contributed by atoms with Gasteiger partial charge in [-0.3, -0.25) is 0 Å². The second-order valence-electron chi connectivity index (χ2n) is 5.74. The highest BCUT2D eigenvalue weighted by atomic mass is 16.7. The summed E-state index contributed by atoms with van der Waals surface area (Å²) >= 11 is 0. The quantitative estimate of drug-likeness (QED) is 0.251. The summed E-state index contributed by atoms with van der Waals surface area (Å²) in [5.74, 6) is 0. The second kappa shape index (κ2) is 8.29. The minimum absolute atomic E-state index is 0.581. The molecule has 0 spiro atoms. The molecule has 2 fully saturated rings. The summed E-state index contributed by atoms with van der Waals surface area (Å²) in [5, 5.41) is 68.1. The van der Waals surface area contributed by atoms with Gasteiger partial charge in [0.15, 0.2) is 12.6 Å². The van der Waals surface area contributed by atoms with Crippen LogP contribution in [0.5, 0.6) is 0 Å². The van der Waals surface area contributed by atoms with Crippen LogP contribution in [0, 0.1) is 0 Å². The first-order valence-corrected chi connectivity index (χ1v) is 7.46. The highest BCUT2D eigenvalue weighted by molar-refractivity contribution is 4.93. The third-order valence-electron chi connectivity index (χ3n) is 4.19. The highest BCUT2D eigenvalue weighted by Gasteiger charge is 2.50. The molecular formula is C13H24O11. The zero-order chi connectivity index (χ0) is 18.0. The maximum absolute atomic E-state index is 10.2. The van der Waals surface area contributed by atoms with Crippen LogP contribution in [-0.2, 0) is 18.9 Å². The lowest BCUT2D eigenvalue weighted by Gasteiger charge is -2.45. The molecule has 7 unspecified atom stereocenters. The van der Waals surface area contributed by atoms with E-state index >= 15 is 0 Å². The van der Waals surface area contributed by atoms with E-state index in [0.29, 0.717) is 0 Å². The Morgan fingerprint density at radius 1 is 0.708 bits per heavy atom. The zero-order valence-electron chi connectivity index (χ0n) is 13.0. The molecule has 7 N–H and O–H groups in total. The van der Waals surface area contributed by atoms with Gasteiger partial charge in [-0.05, 0) is 0 Å². The van der Waals surface area contributed by atoms with Gasteiger partial charge >= 0.3 is 0 Å². The first kappa shape index (κ1) is 19.9. The third-order valence-corrected chi connectivity index (χ3v) is 4.19. The molecule has 0 aromatic carbocycles. The molecular weight excluding hydrogens is 332 g/mol. The Bertz CT molecular complexity index is 378. The predicted octanol–water partition coefficient (Wildman–Crippen LogP) is -4.74. The molecule has 10 atom stereocenters. The van der Waals surface area contributed by atoms with Gasteiger partial charge in [0.2, 0.25) is 0 Å². The normalized spacial score (nSPS) is 50.0. The van der Waals surface area contributed by atoms with Crippen LogP contribution in [0.3, 0.4) is 0 Å². The molecule has 0 aliphatic carbocycles. The molecule has 11 nitrogen and oxygen atoms in total. The van der Waals surface area contributed by atoms with Crippen LogP contribution in [0.15, 0.2) is 0 Å². The number of aliphatic hydroxyl groups excluding tert-OH is 7. The average Bonchev–Trinajstić information content (AvgIpc) is 2.58. The van der Waals surface area contributed by atoms with Crippen LogP contribution in [0.1, 0.15) is 0 Å². The number of hydrogen-bond acceptors (Lipinski definition) is 11. The second-order valence-corrected chi connectivity index (χ2v) is 5.74. The number of aliphatic hydroxyl groups is 7. The van der Waals surface area contributed by atoms with Crippen LogP contribution in [0.4, 0.5) is 0 Å². The minimum Gasteiger partial charge on any atom is -0.394 e. The molecule has 11 heteroatoms. The van der Waals surface area contributed by atoms with Crippen molar-refractivity contribution < 1.29 is 54.7 Å². The summed E-state index contributed by atoms with van der Waals surface area (Å²) in [6.07, 6.45) is -14.4. The van der Waals surface area contributed by atoms with Crippen LogP contribution in [0.25, 0.3) is 0 Å². The van der Waals surface area contributed by atoms with Crippen LogP contribution < -0.4 is 0 Å². The van der Waals surface area contributed by atoms with Gasteiger partial charge < -0.3 is 54.7 Å². The summed E-state index contributed by atoms with van der Waals surface area (Å²) in [6.45, 7) is -1.23. The monoisotopic (exact) mass is 356 g/mol. The smallest absolute Gasteiger partial charge is 0.187 e. The van der Waals surface area contributed by atoms with Crippen molar-refractivity contribution in [3.05, 3.63) is 0 Å². The van der Waals surface area contributed by atoms with Gasteiger partial charge in [0.1, 0.15) is 48.8 Å². The van der Waals surface area contributed by atoms with Gasteiger partial charge in [-0.1, -0.05) is 0 Å². The van der Waals surface area contributed by atoms with E-state index < -0.39 is 74.6 Å².